The highest BCUT2D eigenvalue weighted by atomic mass is 16.5. The van der Waals surface area contributed by atoms with E-state index >= 15 is 0 Å². The Labute approximate surface area is 141 Å². The molecule has 1 aliphatic rings. The van der Waals surface area contributed by atoms with Crippen LogP contribution < -0.4 is 14.8 Å². The van der Waals surface area contributed by atoms with Crippen LogP contribution in [-0.2, 0) is 9.53 Å². The molecule has 0 radical (unpaired) electrons. The molecule has 0 saturated carbocycles. The predicted octanol–water partition coefficient (Wildman–Crippen LogP) is 1.67. The zero-order chi connectivity index (χ0) is 17.4. The highest BCUT2D eigenvalue weighted by molar-refractivity contribution is 5.79. The lowest BCUT2D eigenvalue weighted by atomic mass is 9.97. The molecule has 1 aromatic rings. The minimum atomic E-state index is -0.382. The third-order valence-corrected chi connectivity index (χ3v) is 3.95. The second kappa shape index (κ2) is 9.00. The van der Waals surface area contributed by atoms with Gasteiger partial charge in [0, 0.05) is 13.1 Å². The van der Waals surface area contributed by atoms with Crippen molar-refractivity contribution in [3.63, 3.8) is 0 Å². The average molecular weight is 336 g/mol. The molecule has 1 aromatic carbocycles. The van der Waals surface area contributed by atoms with Gasteiger partial charge >= 0.3 is 6.09 Å². The first-order valence-corrected chi connectivity index (χ1v) is 8.02. The molecule has 132 valence electrons. The molecular weight excluding hydrogens is 312 g/mol. The van der Waals surface area contributed by atoms with E-state index in [-0.39, 0.29) is 17.9 Å². The monoisotopic (exact) mass is 336 g/mol. The average Bonchev–Trinajstić information content (AvgIpc) is 2.64. The summed E-state index contributed by atoms with van der Waals surface area (Å²) < 4.78 is 15.5. The Morgan fingerprint density at radius 2 is 2.00 bits per heavy atom. The van der Waals surface area contributed by atoms with Crippen LogP contribution in [0.2, 0.25) is 0 Å². The Bertz CT molecular complexity index is 564. The van der Waals surface area contributed by atoms with Crippen molar-refractivity contribution in [3.05, 3.63) is 24.3 Å². The van der Waals surface area contributed by atoms with Gasteiger partial charge in [0.25, 0.3) is 0 Å². The van der Waals surface area contributed by atoms with Crippen molar-refractivity contribution in [3.8, 4) is 11.5 Å². The van der Waals surface area contributed by atoms with Gasteiger partial charge in [-0.3, -0.25) is 4.79 Å². The van der Waals surface area contributed by atoms with Crippen LogP contribution in [0.1, 0.15) is 12.8 Å². The SMILES string of the molecule is COC(=O)N1CCC[C@@H](C(=O)NCCOc2ccccc2OC)C1. The summed E-state index contributed by atoms with van der Waals surface area (Å²) in [4.78, 5) is 25.3. The van der Waals surface area contributed by atoms with Crippen LogP contribution >= 0.6 is 0 Å². The van der Waals surface area contributed by atoms with Crippen molar-refractivity contribution in [2.24, 2.45) is 5.92 Å². The van der Waals surface area contributed by atoms with Crippen molar-refractivity contribution < 1.29 is 23.8 Å². The van der Waals surface area contributed by atoms with Crippen LogP contribution in [0.5, 0.6) is 11.5 Å². The van der Waals surface area contributed by atoms with Gasteiger partial charge in [-0.1, -0.05) is 12.1 Å². The van der Waals surface area contributed by atoms with Gasteiger partial charge in [0.2, 0.25) is 5.91 Å². The van der Waals surface area contributed by atoms with E-state index in [0.717, 1.165) is 12.8 Å². The van der Waals surface area contributed by atoms with E-state index in [1.165, 1.54) is 7.11 Å². The smallest absolute Gasteiger partial charge is 0.409 e. The third kappa shape index (κ3) is 4.78. The Hall–Kier alpha value is -2.44. The number of benzene rings is 1. The van der Waals surface area contributed by atoms with Crippen LogP contribution in [0.25, 0.3) is 0 Å². The van der Waals surface area contributed by atoms with E-state index in [0.29, 0.717) is 37.7 Å². The molecule has 2 amide bonds. The largest absolute Gasteiger partial charge is 0.493 e. The number of carbonyl (C=O) groups excluding carboxylic acids is 2. The normalized spacial score (nSPS) is 17.1. The van der Waals surface area contributed by atoms with Crippen molar-refractivity contribution in [1.82, 2.24) is 10.2 Å². The highest BCUT2D eigenvalue weighted by Gasteiger charge is 2.28. The molecule has 0 bridgehead atoms. The molecule has 1 saturated heterocycles. The topological polar surface area (TPSA) is 77.1 Å². The van der Waals surface area contributed by atoms with Gasteiger partial charge < -0.3 is 24.4 Å². The Kier molecular flexibility index (Phi) is 6.72. The predicted molar refractivity (Wildman–Crippen MR) is 88.2 cm³/mol. The standard InChI is InChI=1S/C17H24N2O5/c1-22-14-7-3-4-8-15(14)24-11-9-18-16(20)13-6-5-10-19(12-13)17(21)23-2/h3-4,7-8,13H,5-6,9-12H2,1-2H3,(H,18,20)/t13-/m1/s1. The van der Waals surface area contributed by atoms with Gasteiger partial charge in [0.1, 0.15) is 6.61 Å². The number of nitrogens with zero attached hydrogens (tertiary/aromatic N) is 1. The second-order valence-corrected chi connectivity index (χ2v) is 5.55. The quantitative estimate of drug-likeness (QED) is 0.800. The van der Waals surface area contributed by atoms with Gasteiger partial charge in [-0.2, -0.15) is 0 Å². The Balaban J connectivity index is 1.74. The second-order valence-electron chi connectivity index (χ2n) is 5.55. The Morgan fingerprint density at radius 1 is 1.25 bits per heavy atom. The van der Waals surface area contributed by atoms with E-state index in [9.17, 15) is 9.59 Å². The number of hydrogen-bond donors (Lipinski definition) is 1. The summed E-state index contributed by atoms with van der Waals surface area (Å²) in [5, 5.41) is 2.85. The first-order valence-electron chi connectivity index (χ1n) is 8.02. The first-order chi connectivity index (χ1) is 11.7. The zero-order valence-corrected chi connectivity index (χ0v) is 14.1. The maximum Gasteiger partial charge on any atom is 0.409 e. The minimum absolute atomic E-state index is 0.0628. The minimum Gasteiger partial charge on any atom is -0.493 e. The lowest BCUT2D eigenvalue weighted by Crippen LogP contribution is -2.46. The number of piperidine rings is 1. The molecule has 7 nitrogen and oxygen atoms in total. The molecule has 0 aliphatic carbocycles. The van der Waals surface area contributed by atoms with Crippen molar-refractivity contribution >= 4 is 12.0 Å². The van der Waals surface area contributed by atoms with Gasteiger partial charge in [0.05, 0.1) is 26.7 Å². The molecule has 1 N–H and O–H groups in total. The maximum atomic E-state index is 12.2. The summed E-state index contributed by atoms with van der Waals surface area (Å²) in [5.41, 5.74) is 0. The summed E-state index contributed by atoms with van der Waals surface area (Å²) in [6.07, 6.45) is 1.18. The van der Waals surface area contributed by atoms with Crippen LogP contribution in [-0.4, -0.2) is 57.4 Å². The fourth-order valence-electron chi connectivity index (χ4n) is 2.70. The molecule has 24 heavy (non-hydrogen) atoms. The maximum absolute atomic E-state index is 12.2. The fourth-order valence-corrected chi connectivity index (χ4v) is 2.70. The van der Waals surface area contributed by atoms with Gasteiger partial charge in [-0.05, 0) is 25.0 Å². The molecule has 1 aliphatic heterocycles. The number of carbonyl (C=O) groups is 2. The number of likely N-dealkylation sites (tertiary alicyclic amines) is 1. The zero-order valence-electron chi connectivity index (χ0n) is 14.1. The molecule has 1 fully saturated rings. The third-order valence-electron chi connectivity index (χ3n) is 3.95. The van der Waals surface area contributed by atoms with Crippen LogP contribution in [0, 0.1) is 5.92 Å². The van der Waals surface area contributed by atoms with E-state index in [1.54, 1.807) is 12.0 Å². The van der Waals surface area contributed by atoms with Crippen molar-refractivity contribution in [2.45, 2.75) is 12.8 Å². The van der Waals surface area contributed by atoms with Gasteiger partial charge in [-0.15, -0.1) is 0 Å². The van der Waals surface area contributed by atoms with Gasteiger partial charge in [-0.25, -0.2) is 4.79 Å². The van der Waals surface area contributed by atoms with E-state index < -0.39 is 0 Å². The number of para-hydroxylation sites is 2. The molecular formula is C17H24N2O5. The molecule has 7 heteroatoms. The number of hydrogen-bond acceptors (Lipinski definition) is 5. The molecule has 0 aromatic heterocycles. The summed E-state index contributed by atoms with van der Waals surface area (Å²) in [7, 11) is 2.93. The van der Waals surface area contributed by atoms with Crippen LogP contribution in [0.3, 0.4) is 0 Å². The number of methoxy groups -OCH3 is 2. The van der Waals surface area contributed by atoms with Crippen molar-refractivity contribution in [2.75, 3.05) is 40.5 Å². The number of rotatable bonds is 6. The lowest BCUT2D eigenvalue weighted by Gasteiger charge is -2.30. The molecule has 2 rings (SSSR count). The van der Waals surface area contributed by atoms with E-state index in [4.69, 9.17) is 14.2 Å². The number of nitrogens with one attached hydrogen (secondary N) is 1. The Morgan fingerprint density at radius 3 is 2.71 bits per heavy atom. The molecule has 0 spiro atoms. The highest BCUT2D eigenvalue weighted by Crippen LogP contribution is 2.25. The van der Waals surface area contributed by atoms with E-state index in [2.05, 4.69) is 5.32 Å². The molecule has 1 atom stereocenters. The summed E-state index contributed by atoms with van der Waals surface area (Å²) >= 11 is 0. The fraction of sp³-hybridized carbons (Fsp3) is 0.529. The van der Waals surface area contributed by atoms with Crippen LogP contribution in [0.4, 0.5) is 4.79 Å². The van der Waals surface area contributed by atoms with Crippen LogP contribution in [0.15, 0.2) is 24.3 Å². The van der Waals surface area contributed by atoms with E-state index in [1.807, 2.05) is 24.3 Å². The first kappa shape index (κ1) is 17.9. The summed E-state index contributed by atoms with van der Waals surface area (Å²) in [6, 6.07) is 7.36. The molecule has 1 heterocycles. The molecule has 0 unspecified atom stereocenters. The number of ether oxygens (including phenoxy) is 3. The lowest BCUT2D eigenvalue weighted by molar-refractivity contribution is -0.126. The van der Waals surface area contributed by atoms with Gasteiger partial charge in [0.15, 0.2) is 11.5 Å². The van der Waals surface area contributed by atoms with Crippen molar-refractivity contribution in [1.29, 1.82) is 0 Å². The summed E-state index contributed by atoms with van der Waals surface area (Å²) in [5.74, 6) is 1.03. The summed E-state index contributed by atoms with van der Waals surface area (Å²) in [6.45, 7) is 1.77. The number of amides is 2.